The van der Waals surface area contributed by atoms with E-state index in [-0.39, 0.29) is 0 Å². The van der Waals surface area contributed by atoms with E-state index in [1.165, 1.54) is 0 Å². The Hall–Kier alpha value is -2.14. The average Bonchev–Trinajstić information content (AvgIpc) is 2.53. The fourth-order valence-electron chi connectivity index (χ4n) is 2.05. The Bertz CT molecular complexity index is 587. The predicted octanol–water partition coefficient (Wildman–Crippen LogP) is 2.19. The lowest BCUT2D eigenvalue weighted by molar-refractivity contribution is 0.354. The molecule has 0 aliphatic rings. The molecule has 0 unspecified atom stereocenters. The summed E-state index contributed by atoms with van der Waals surface area (Å²) in [7, 11) is 3.26. The molecule has 5 heteroatoms. The standard InChI is InChI=1S/C16H21N3O2/c1-4-17-11-13-7-8-18-16(19-13)10-12-5-6-14(20-2)15(9-12)21-3/h5-9,17H,4,10-11H2,1-3H3. The van der Waals surface area contributed by atoms with Crippen LogP contribution in [0.5, 0.6) is 11.5 Å². The molecule has 1 heterocycles. The fraction of sp³-hybridized carbons (Fsp3) is 0.375. The van der Waals surface area contributed by atoms with Crippen molar-refractivity contribution < 1.29 is 9.47 Å². The van der Waals surface area contributed by atoms with Gasteiger partial charge in [0.25, 0.3) is 0 Å². The molecule has 0 spiro atoms. The molecule has 0 atom stereocenters. The van der Waals surface area contributed by atoms with Crippen molar-refractivity contribution in [2.45, 2.75) is 19.9 Å². The largest absolute Gasteiger partial charge is 0.493 e. The molecule has 5 nitrogen and oxygen atoms in total. The van der Waals surface area contributed by atoms with E-state index in [1.807, 2.05) is 24.3 Å². The van der Waals surface area contributed by atoms with Crippen molar-refractivity contribution in [2.75, 3.05) is 20.8 Å². The maximum Gasteiger partial charge on any atom is 0.161 e. The zero-order chi connectivity index (χ0) is 15.1. The van der Waals surface area contributed by atoms with Crippen LogP contribution in [-0.4, -0.2) is 30.7 Å². The molecule has 2 aromatic rings. The summed E-state index contributed by atoms with van der Waals surface area (Å²) >= 11 is 0. The van der Waals surface area contributed by atoms with Crippen molar-refractivity contribution in [3.63, 3.8) is 0 Å². The van der Waals surface area contributed by atoms with Gasteiger partial charge in [0, 0.05) is 19.2 Å². The Balaban J connectivity index is 2.14. The van der Waals surface area contributed by atoms with Crippen LogP contribution in [0.3, 0.4) is 0 Å². The number of hydrogen-bond acceptors (Lipinski definition) is 5. The first-order chi connectivity index (χ1) is 10.3. The SMILES string of the molecule is CCNCc1ccnc(Cc2ccc(OC)c(OC)c2)n1. The number of methoxy groups -OCH3 is 2. The van der Waals surface area contributed by atoms with E-state index in [9.17, 15) is 0 Å². The van der Waals surface area contributed by atoms with Crippen LogP contribution in [0.2, 0.25) is 0 Å². The maximum atomic E-state index is 5.32. The third-order valence-electron chi connectivity index (χ3n) is 3.13. The quantitative estimate of drug-likeness (QED) is 0.846. The monoisotopic (exact) mass is 287 g/mol. The smallest absolute Gasteiger partial charge is 0.161 e. The van der Waals surface area contributed by atoms with E-state index in [0.717, 1.165) is 41.7 Å². The fourth-order valence-corrected chi connectivity index (χ4v) is 2.05. The summed E-state index contributed by atoms with van der Waals surface area (Å²) in [6.45, 7) is 3.76. The van der Waals surface area contributed by atoms with Crippen molar-refractivity contribution >= 4 is 0 Å². The Morgan fingerprint density at radius 3 is 2.62 bits per heavy atom. The van der Waals surface area contributed by atoms with E-state index >= 15 is 0 Å². The second-order valence-corrected chi connectivity index (χ2v) is 4.61. The van der Waals surface area contributed by atoms with Crippen LogP contribution in [0.25, 0.3) is 0 Å². The lowest BCUT2D eigenvalue weighted by Gasteiger charge is -2.09. The summed E-state index contributed by atoms with van der Waals surface area (Å²) in [6, 6.07) is 7.79. The third kappa shape index (κ3) is 4.16. The first-order valence-electron chi connectivity index (χ1n) is 6.99. The van der Waals surface area contributed by atoms with Crippen molar-refractivity contribution in [2.24, 2.45) is 0 Å². The summed E-state index contributed by atoms with van der Waals surface area (Å²) in [4.78, 5) is 8.89. The molecule has 1 aromatic carbocycles. The second-order valence-electron chi connectivity index (χ2n) is 4.61. The summed E-state index contributed by atoms with van der Waals surface area (Å²) in [5.41, 5.74) is 2.09. The van der Waals surface area contributed by atoms with Gasteiger partial charge in [-0.25, -0.2) is 9.97 Å². The first kappa shape index (κ1) is 15.3. The van der Waals surface area contributed by atoms with Crippen LogP contribution in [0.15, 0.2) is 30.5 Å². The normalized spacial score (nSPS) is 10.4. The minimum Gasteiger partial charge on any atom is -0.493 e. The molecular formula is C16H21N3O2. The first-order valence-corrected chi connectivity index (χ1v) is 6.99. The average molecular weight is 287 g/mol. The molecule has 0 radical (unpaired) electrons. The number of hydrogen-bond donors (Lipinski definition) is 1. The van der Waals surface area contributed by atoms with Gasteiger partial charge < -0.3 is 14.8 Å². The number of rotatable bonds is 7. The van der Waals surface area contributed by atoms with Gasteiger partial charge in [-0.05, 0) is 30.3 Å². The second kappa shape index (κ2) is 7.59. The van der Waals surface area contributed by atoms with Crippen molar-refractivity contribution in [1.82, 2.24) is 15.3 Å². The van der Waals surface area contributed by atoms with Crippen LogP contribution in [0.1, 0.15) is 24.0 Å². The molecule has 1 aromatic heterocycles. The minimum atomic E-state index is 0.667. The van der Waals surface area contributed by atoms with E-state index in [1.54, 1.807) is 20.4 Å². The molecular weight excluding hydrogens is 266 g/mol. The number of benzene rings is 1. The van der Waals surface area contributed by atoms with Crippen LogP contribution in [0, 0.1) is 0 Å². The molecule has 0 saturated carbocycles. The molecule has 1 N–H and O–H groups in total. The highest BCUT2D eigenvalue weighted by molar-refractivity contribution is 5.43. The summed E-state index contributed by atoms with van der Waals surface area (Å²) < 4.78 is 10.6. The molecule has 112 valence electrons. The summed E-state index contributed by atoms with van der Waals surface area (Å²) in [5.74, 6) is 2.25. The van der Waals surface area contributed by atoms with Crippen molar-refractivity contribution in [3.05, 3.63) is 47.5 Å². The maximum absolute atomic E-state index is 5.32. The van der Waals surface area contributed by atoms with Crippen LogP contribution < -0.4 is 14.8 Å². The number of nitrogens with zero attached hydrogens (tertiary/aromatic N) is 2. The van der Waals surface area contributed by atoms with Crippen LogP contribution in [0.4, 0.5) is 0 Å². The highest BCUT2D eigenvalue weighted by atomic mass is 16.5. The third-order valence-corrected chi connectivity index (χ3v) is 3.13. The molecule has 0 amide bonds. The van der Waals surface area contributed by atoms with Gasteiger partial charge in [0.15, 0.2) is 11.5 Å². The van der Waals surface area contributed by atoms with Crippen LogP contribution >= 0.6 is 0 Å². The Kier molecular flexibility index (Phi) is 5.51. The molecule has 0 saturated heterocycles. The summed E-state index contributed by atoms with van der Waals surface area (Å²) in [5, 5.41) is 3.26. The van der Waals surface area contributed by atoms with Gasteiger partial charge in [0.2, 0.25) is 0 Å². The van der Waals surface area contributed by atoms with Crippen LogP contribution in [-0.2, 0) is 13.0 Å². The molecule has 2 rings (SSSR count). The van der Waals surface area contributed by atoms with Gasteiger partial charge in [-0.2, -0.15) is 0 Å². The zero-order valence-electron chi connectivity index (χ0n) is 12.7. The van der Waals surface area contributed by atoms with Gasteiger partial charge in [0.05, 0.1) is 19.9 Å². The Morgan fingerprint density at radius 2 is 1.90 bits per heavy atom. The van der Waals surface area contributed by atoms with Gasteiger partial charge in [-0.1, -0.05) is 13.0 Å². The predicted molar refractivity (Wildman–Crippen MR) is 81.8 cm³/mol. The molecule has 21 heavy (non-hydrogen) atoms. The van der Waals surface area contributed by atoms with E-state index in [4.69, 9.17) is 9.47 Å². The van der Waals surface area contributed by atoms with Gasteiger partial charge in [-0.3, -0.25) is 0 Å². The Labute approximate surface area is 125 Å². The molecule has 0 fully saturated rings. The topological polar surface area (TPSA) is 56.3 Å². The zero-order valence-corrected chi connectivity index (χ0v) is 12.7. The lowest BCUT2D eigenvalue weighted by atomic mass is 10.1. The Morgan fingerprint density at radius 1 is 1.10 bits per heavy atom. The number of aromatic nitrogens is 2. The van der Waals surface area contributed by atoms with Gasteiger partial charge in [0.1, 0.15) is 5.82 Å². The molecule has 0 aliphatic heterocycles. The lowest BCUT2D eigenvalue weighted by Crippen LogP contribution is -2.13. The van der Waals surface area contributed by atoms with Crippen molar-refractivity contribution in [1.29, 1.82) is 0 Å². The number of ether oxygens (including phenoxy) is 2. The highest BCUT2D eigenvalue weighted by Crippen LogP contribution is 2.28. The minimum absolute atomic E-state index is 0.667. The highest BCUT2D eigenvalue weighted by Gasteiger charge is 2.07. The molecule has 0 bridgehead atoms. The van der Waals surface area contributed by atoms with E-state index < -0.39 is 0 Å². The van der Waals surface area contributed by atoms with Crippen molar-refractivity contribution in [3.8, 4) is 11.5 Å². The van der Waals surface area contributed by atoms with Gasteiger partial charge in [-0.15, -0.1) is 0 Å². The van der Waals surface area contributed by atoms with E-state index in [0.29, 0.717) is 6.42 Å². The van der Waals surface area contributed by atoms with Gasteiger partial charge >= 0.3 is 0 Å². The van der Waals surface area contributed by atoms with E-state index in [2.05, 4.69) is 22.2 Å². The summed E-state index contributed by atoms with van der Waals surface area (Å²) in [6.07, 6.45) is 2.47. The number of nitrogens with one attached hydrogen (secondary N) is 1. The molecule has 0 aliphatic carbocycles.